The number of carbonyl (C=O) groups excluding carboxylic acids is 2. The zero-order valence-corrected chi connectivity index (χ0v) is 12.1. The molecule has 6 heteroatoms. The third-order valence-corrected chi connectivity index (χ3v) is 2.89. The van der Waals surface area contributed by atoms with Gasteiger partial charge in [0.1, 0.15) is 5.60 Å². The molecule has 1 aliphatic rings. The van der Waals surface area contributed by atoms with Gasteiger partial charge >= 0.3 is 12.1 Å². The predicted octanol–water partition coefficient (Wildman–Crippen LogP) is 1.83. The molecule has 0 unspecified atom stereocenters. The largest absolute Gasteiger partial charge is 0.443 e. The Kier molecular flexibility index (Phi) is 5.60. The molecule has 3 amide bonds. The predicted molar refractivity (Wildman–Crippen MR) is 72.8 cm³/mol. The van der Waals surface area contributed by atoms with Gasteiger partial charge in [-0.3, -0.25) is 0 Å². The van der Waals surface area contributed by atoms with Gasteiger partial charge in [-0.25, -0.2) is 14.5 Å². The third-order valence-electron chi connectivity index (χ3n) is 2.89. The van der Waals surface area contributed by atoms with Gasteiger partial charge in [0, 0.05) is 19.1 Å². The quantitative estimate of drug-likeness (QED) is 0.820. The summed E-state index contributed by atoms with van der Waals surface area (Å²) in [5.74, 6) is 0. The summed E-state index contributed by atoms with van der Waals surface area (Å²) < 4.78 is 5.21. The highest BCUT2D eigenvalue weighted by Crippen LogP contribution is 2.18. The molecular weight excluding hydrogens is 246 g/mol. The Morgan fingerprint density at radius 1 is 1.32 bits per heavy atom. The highest BCUT2D eigenvalue weighted by atomic mass is 16.6. The number of amides is 3. The minimum Gasteiger partial charge on any atom is -0.443 e. The van der Waals surface area contributed by atoms with Gasteiger partial charge in [0.25, 0.3) is 0 Å². The molecule has 1 saturated carbocycles. The van der Waals surface area contributed by atoms with Crippen molar-refractivity contribution in [2.45, 2.75) is 58.1 Å². The van der Waals surface area contributed by atoms with Crippen molar-refractivity contribution in [2.75, 3.05) is 13.1 Å². The summed E-state index contributed by atoms with van der Waals surface area (Å²) in [6, 6.07) is -0.248. The molecule has 0 atom stereocenters. The third kappa shape index (κ3) is 5.46. The van der Waals surface area contributed by atoms with Crippen molar-refractivity contribution in [2.24, 2.45) is 5.73 Å². The van der Waals surface area contributed by atoms with Crippen LogP contribution >= 0.6 is 0 Å². The van der Waals surface area contributed by atoms with Crippen LogP contribution in [0, 0.1) is 0 Å². The molecule has 3 N–H and O–H groups in total. The second-order valence-electron chi connectivity index (χ2n) is 5.85. The fourth-order valence-electron chi connectivity index (χ4n) is 2.04. The van der Waals surface area contributed by atoms with Gasteiger partial charge in [-0.2, -0.15) is 0 Å². The first-order chi connectivity index (χ1) is 8.83. The highest BCUT2D eigenvalue weighted by Gasteiger charge is 2.28. The molecule has 6 nitrogen and oxygen atoms in total. The summed E-state index contributed by atoms with van der Waals surface area (Å²) in [5.41, 5.74) is 4.82. The van der Waals surface area contributed by atoms with Crippen molar-refractivity contribution < 1.29 is 14.3 Å². The van der Waals surface area contributed by atoms with Crippen molar-refractivity contribution >= 4 is 12.1 Å². The van der Waals surface area contributed by atoms with Crippen LogP contribution in [0.1, 0.15) is 46.5 Å². The van der Waals surface area contributed by atoms with Crippen LogP contribution in [0.3, 0.4) is 0 Å². The van der Waals surface area contributed by atoms with E-state index in [9.17, 15) is 9.59 Å². The second kappa shape index (κ2) is 6.75. The van der Waals surface area contributed by atoms with Crippen LogP contribution in [-0.4, -0.2) is 41.8 Å². The molecule has 1 fully saturated rings. The minimum absolute atomic E-state index is 0.160. The van der Waals surface area contributed by atoms with Crippen LogP contribution in [-0.2, 0) is 4.74 Å². The van der Waals surface area contributed by atoms with E-state index in [0.717, 1.165) is 30.6 Å². The highest BCUT2D eigenvalue weighted by molar-refractivity contribution is 5.91. The molecule has 19 heavy (non-hydrogen) atoms. The number of nitrogens with zero attached hydrogens (tertiary/aromatic N) is 1. The van der Waals surface area contributed by atoms with E-state index in [1.165, 1.54) is 0 Å². The maximum atomic E-state index is 12.1. The zero-order valence-electron chi connectivity index (χ0n) is 12.1. The van der Waals surface area contributed by atoms with Crippen molar-refractivity contribution in [3.05, 3.63) is 0 Å². The zero-order chi connectivity index (χ0) is 14.5. The molecule has 0 spiro atoms. The molecule has 1 rings (SSSR count). The standard InChI is InChI=1S/C13H25N3O3/c1-13(2,3)19-12(18)16(9-8-14)11(17)15-10-6-4-5-7-10/h10H,4-9,14H2,1-3H3,(H,15,17). The lowest BCUT2D eigenvalue weighted by atomic mass is 10.2. The summed E-state index contributed by atoms with van der Waals surface area (Å²) in [6.07, 6.45) is 3.53. The average molecular weight is 271 g/mol. The van der Waals surface area contributed by atoms with Gasteiger partial charge < -0.3 is 15.8 Å². The molecule has 0 radical (unpaired) electrons. The number of nitrogens with one attached hydrogen (secondary N) is 1. The molecule has 110 valence electrons. The summed E-state index contributed by atoms with van der Waals surface area (Å²) in [4.78, 5) is 25.1. The van der Waals surface area contributed by atoms with Crippen LogP contribution in [0.5, 0.6) is 0 Å². The molecule has 0 aromatic rings. The summed E-state index contributed by atoms with van der Waals surface area (Å²) >= 11 is 0. The summed E-state index contributed by atoms with van der Waals surface area (Å²) in [7, 11) is 0. The first-order valence-corrected chi connectivity index (χ1v) is 6.84. The van der Waals surface area contributed by atoms with Crippen LogP contribution < -0.4 is 11.1 Å². The van der Waals surface area contributed by atoms with Crippen LogP contribution in [0.25, 0.3) is 0 Å². The lowest BCUT2D eigenvalue weighted by molar-refractivity contribution is 0.0323. The molecular formula is C13H25N3O3. The van der Waals surface area contributed by atoms with Gasteiger partial charge in [0.05, 0.1) is 0 Å². The van der Waals surface area contributed by atoms with E-state index in [1.807, 2.05) is 0 Å². The minimum atomic E-state index is -0.645. The van der Waals surface area contributed by atoms with Crippen LogP contribution in [0.2, 0.25) is 0 Å². The Bertz CT molecular complexity index is 320. The number of urea groups is 1. The summed E-state index contributed by atoms with van der Waals surface area (Å²) in [5, 5.41) is 2.86. The monoisotopic (exact) mass is 271 g/mol. The number of rotatable bonds is 3. The summed E-state index contributed by atoms with van der Waals surface area (Å²) in [6.45, 7) is 5.67. The lowest BCUT2D eigenvalue weighted by Crippen LogP contribution is -2.50. The molecule has 0 heterocycles. The maximum absolute atomic E-state index is 12.1. The second-order valence-corrected chi connectivity index (χ2v) is 5.85. The Labute approximate surface area is 114 Å². The number of carbonyl (C=O) groups is 2. The average Bonchev–Trinajstić information content (AvgIpc) is 2.75. The van der Waals surface area contributed by atoms with Gasteiger partial charge in [-0.05, 0) is 33.6 Å². The Balaban J connectivity index is 2.59. The van der Waals surface area contributed by atoms with Gasteiger partial charge in [-0.1, -0.05) is 12.8 Å². The number of imide groups is 1. The first kappa shape index (κ1) is 15.8. The van der Waals surface area contributed by atoms with Crippen molar-refractivity contribution in [1.29, 1.82) is 0 Å². The Hall–Kier alpha value is -1.30. The SMILES string of the molecule is CC(C)(C)OC(=O)N(CCN)C(=O)NC1CCCC1. The van der Waals surface area contributed by atoms with Gasteiger partial charge in [0.2, 0.25) is 0 Å². The van der Waals surface area contributed by atoms with E-state index < -0.39 is 17.7 Å². The van der Waals surface area contributed by atoms with Crippen molar-refractivity contribution in [3.8, 4) is 0 Å². The molecule has 0 aromatic carbocycles. The van der Waals surface area contributed by atoms with Crippen molar-refractivity contribution in [3.63, 3.8) is 0 Å². The maximum Gasteiger partial charge on any atom is 0.418 e. The molecule has 0 bridgehead atoms. The molecule has 0 saturated heterocycles. The number of nitrogens with two attached hydrogens (primary N) is 1. The number of hydrogen-bond acceptors (Lipinski definition) is 4. The first-order valence-electron chi connectivity index (χ1n) is 6.84. The topological polar surface area (TPSA) is 84.7 Å². The van der Waals surface area contributed by atoms with Gasteiger partial charge in [0.15, 0.2) is 0 Å². The fourth-order valence-corrected chi connectivity index (χ4v) is 2.04. The van der Waals surface area contributed by atoms with E-state index in [4.69, 9.17) is 10.5 Å². The fraction of sp³-hybridized carbons (Fsp3) is 0.846. The Morgan fingerprint density at radius 2 is 1.89 bits per heavy atom. The smallest absolute Gasteiger partial charge is 0.418 e. The van der Waals surface area contributed by atoms with E-state index in [1.54, 1.807) is 20.8 Å². The van der Waals surface area contributed by atoms with Crippen LogP contribution in [0.15, 0.2) is 0 Å². The molecule has 0 aromatic heterocycles. The van der Waals surface area contributed by atoms with Crippen LogP contribution in [0.4, 0.5) is 9.59 Å². The van der Waals surface area contributed by atoms with E-state index >= 15 is 0 Å². The molecule has 0 aliphatic heterocycles. The number of ether oxygens (including phenoxy) is 1. The lowest BCUT2D eigenvalue weighted by Gasteiger charge is -2.27. The van der Waals surface area contributed by atoms with Gasteiger partial charge in [-0.15, -0.1) is 0 Å². The molecule has 1 aliphatic carbocycles. The van der Waals surface area contributed by atoms with Crippen molar-refractivity contribution in [1.82, 2.24) is 10.2 Å². The Morgan fingerprint density at radius 3 is 2.37 bits per heavy atom. The van der Waals surface area contributed by atoms with E-state index in [0.29, 0.717) is 0 Å². The normalized spacial score (nSPS) is 16.2. The number of hydrogen-bond donors (Lipinski definition) is 2. The van der Waals surface area contributed by atoms with E-state index in [2.05, 4.69) is 5.32 Å². The van der Waals surface area contributed by atoms with E-state index in [-0.39, 0.29) is 19.1 Å².